The highest BCUT2D eigenvalue weighted by Gasteiger charge is 2.26. The largest absolute Gasteiger partial charge is 0.426 e. The van der Waals surface area contributed by atoms with Crippen LogP contribution in [-0.2, 0) is 4.84 Å². The van der Waals surface area contributed by atoms with Gasteiger partial charge in [-0.05, 0) is 51.3 Å². The van der Waals surface area contributed by atoms with E-state index in [4.69, 9.17) is 4.84 Å². The van der Waals surface area contributed by atoms with Gasteiger partial charge in [0.2, 0.25) is 0 Å². The number of fused-ring (bicyclic) bond motifs is 1. The molecule has 0 saturated carbocycles. The molecule has 1 aromatic heterocycles. The molecule has 0 radical (unpaired) electrons. The van der Waals surface area contributed by atoms with Crippen LogP contribution in [-0.4, -0.2) is 53.9 Å². The average Bonchev–Trinajstić information content (AvgIpc) is 3.07. The minimum absolute atomic E-state index is 0.00322. The van der Waals surface area contributed by atoms with Crippen LogP contribution in [0.5, 0.6) is 0 Å². The molecule has 3 amide bonds. The Hall–Kier alpha value is -2.04. The molecule has 10 heteroatoms. The lowest BCUT2D eigenvalue weighted by Gasteiger charge is -2.33. The predicted molar refractivity (Wildman–Crippen MR) is 122 cm³/mol. The third-order valence-corrected chi connectivity index (χ3v) is 6.08. The Morgan fingerprint density at radius 2 is 2.10 bits per heavy atom. The Morgan fingerprint density at radius 3 is 2.77 bits per heavy atom. The summed E-state index contributed by atoms with van der Waals surface area (Å²) >= 11 is 5.81. The molecule has 2 heterocycles. The highest BCUT2D eigenvalue weighted by molar-refractivity contribution is 7.82. The number of thiazole rings is 1. The number of hydroxylamine groups is 2. The summed E-state index contributed by atoms with van der Waals surface area (Å²) in [5.74, 6) is 0. The first kappa shape index (κ1) is 22.6. The molecule has 164 valence electrons. The highest BCUT2D eigenvalue weighted by Crippen LogP contribution is 2.29. The van der Waals surface area contributed by atoms with Crippen molar-refractivity contribution in [3.8, 4) is 0 Å². The van der Waals surface area contributed by atoms with Gasteiger partial charge in [-0.15, -0.1) is 29.0 Å². The summed E-state index contributed by atoms with van der Waals surface area (Å²) in [6, 6.07) is 5.73. The summed E-state index contributed by atoms with van der Waals surface area (Å²) in [6.45, 7) is 7.74. The molecule has 2 aromatic rings. The fourth-order valence-corrected chi connectivity index (χ4v) is 4.55. The molecule has 3 rings (SSSR count). The molecule has 0 spiro atoms. The summed E-state index contributed by atoms with van der Waals surface area (Å²) in [5.41, 5.74) is 1.72. The van der Waals surface area contributed by atoms with Crippen LogP contribution in [0, 0.1) is 0 Å². The number of thiol groups is 1. The number of piperidine rings is 1. The Bertz CT molecular complexity index is 880. The van der Waals surface area contributed by atoms with Crippen molar-refractivity contribution in [1.82, 2.24) is 20.7 Å². The maximum atomic E-state index is 13.1. The summed E-state index contributed by atoms with van der Waals surface area (Å²) in [6.07, 6.45) is 1.88. The summed E-state index contributed by atoms with van der Waals surface area (Å²) in [4.78, 5) is 36.2. The maximum absolute atomic E-state index is 13.1. The summed E-state index contributed by atoms with van der Waals surface area (Å²) in [7, 11) is 0. The molecule has 8 nitrogen and oxygen atoms in total. The van der Waals surface area contributed by atoms with Crippen LogP contribution in [0.1, 0.15) is 40.0 Å². The molecule has 1 aromatic carbocycles. The van der Waals surface area contributed by atoms with E-state index in [1.165, 1.54) is 11.3 Å². The average molecular weight is 452 g/mol. The van der Waals surface area contributed by atoms with Gasteiger partial charge in [0.1, 0.15) is 4.34 Å². The van der Waals surface area contributed by atoms with Crippen molar-refractivity contribution >= 4 is 52.0 Å². The van der Waals surface area contributed by atoms with Crippen molar-refractivity contribution in [2.24, 2.45) is 0 Å². The van der Waals surface area contributed by atoms with Gasteiger partial charge < -0.3 is 15.5 Å². The van der Waals surface area contributed by atoms with E-state index in [2.05, 4.69) is 28.2 Å². The van der Waals surface area contributed by atoms with Gasteiger partial charge in [0.15, 0.2) is 0 Å². The monoisotopic (exact) mass is 451 g/mol. The van der Waals surface area contributed by atoms with Crippen molar-refractivity contribution in [2.75, 3.05) is 24.5 Å². The van der Waals surface area contributed by atoms with Gasteiger partial charge in [-0.2, -0.15) is 0 Å². The number of nitrogens with zero attached hydrogens (tertiary/aromatic N) is 3. The number of amides is 3. The fourth-order valence-electron chi connectivity index (χ4n) is 3.41. The van der Waals surface area contributed by atoms with Crippen molar-refractivity contribution < 1.29 is 14.4 Å². The Kier molecular flexibility index (Phi) is 7.79. The number of urea groups is 1. The second-order valence-corrected chi connectivity index (χ2v) is 9.33. The number of carbonyl (C=O) groups is 2. The van der Waals surface area contributed by atoms with Crippen molar-refractivity contribution in [3.05, 3.63) is 18.2 Å². The van der Waals surface area contributed by atoms with Crippen molar-refractivity contribution in [2.45, 2.75) is 56.5 Å². The first-order valence-corrected chi connectivity index (χ1v) is 11.5. The van der Waals surface area contributed by atoms with E-state index in [0.717, 1.165) is 35.2 Å². The van der Waals surface area contributed by atoms with Gasteiger partial charge in [-0.25, -0.2) is 14.6 Å². The number of rotatable bonds is 6. The summed E-state index contributed by atoms with van der Waals surface area (Å²) < 4.78 is 1.71. The second kappa shape index (κ2) is 10.3. The van der Waals surface area contributed by atoms with Crippen LogP contribution in [0.25, 0.3) is 10.2 Å². The quantitative estimate of drug-likeness (QED) is 0.578. The molecule has 0 atom stereocenters. The number of carbonyl (C=O) groups excluding carboxylic acids is 2. The Labute approximate surface area is 186 Å². The molecular weight excluding hydrogens is 422 g/mol. The van der Waals surface area contributed by atoms with Gasteiger partial charge in [-0.1, -0.05) is 6.92 Å². The number of hydrogen-bond acceptors (Lipinski definition) is 7. The number of aromatic nitrogens is 1. The third kappa shape index (κ3) is 5.77. The SMILES string of the molecule is CCCNC(=O)ON1CCC(NC(=O)N(c2ccc3nc(S)sc3c2)C(C)C)CC1. The minimum Gasteiger partial charge on any atom is -0.351 e. The minimum atomic E-state index is -0.423. The van der Waals surface area contributed by atoms with E-state index < -0.39 is 6.09 Å². The number of benzene rings is 1. The maximum Gasteiger partial charge on any atom is 0.426 e. The number of nitrogens with one attached hydrogen (secondary N) is 2. The molecule has 0 unspecified atom stereocenters. The smallest absolute Gasteiger partial charge is 0.351 e. The molecule has 1 aliphatic rings. The van der Waals surface area contributed by atoms with Crippen molar-refractivity contribution in [3.63, 3.8) is 0 Å². The molecule has 2 N–H and O–H groups in total. The molecule has 1 fully saturated rings. The van der Waals surface area contributed by atoms with Gasteiger partial charge in [-0.3, -0.25) is 4.90 Å². The van der Waals surface area contributed by atoms with E-state index >= 15 is 0 Å². The molecule has 30 heavy (non-hydrogen) atoms. The standard InChI is InChI=1S/C20H29N5O3S2/c1-4-9-21-19(27)28-24-10-7-14(8-11-24)22-18(26)25(13(2)3)15-5-6-16-17(12-15)30-20(29)23-16/h5-6,12-14H,4,7-11H2,1-3H3,(H,21,27)(H,22,26)(H,23,29). The predicted octanol–water partition coefficient (Wildman–Crippen LogP) is 4.03. The molecule has 0 bridgehead atoms. The Balaban J connectivity index is 1.57. The zero-order chi connectivity index (χ0) is 21.7. The lowest BCUT2D eigenvalue weighted by Crippen LogP contribution is -2.51. The van der Waals surface area contributed by atoms with Crippen LogP contribution >= 0.6 is 24.0 Å². The van der Waals surface area contributed by atoms with Crippen LogP contribution in [0.3, 0.4) is 0 Å². The van der Waals surface area contributed by atoms with Crippen LogP contribution < -0.4 is 15.5 Å². The van der Waals surface area contributed by atoms with E-state index in [-0.39, 0.29) is 18.1 Å². The molecular formula is C20H29N5O3S2. The van der Waals surface area contributed by atoms with E-state index in [1.807, 2.05) is 39.0 Å². The Morgan fingerprint density at radius 1 is 1.37 bits per heavy atom. The zero-order valence-corrected chi connectivity index (χ0v) is 19.3. The highest BCUT2D eigenvalue weighted by atomic mass is 32.2. The second-order valence-electron chi connectivity index (χ2n) is 7.57. The number of hydrogen-bond donors (Lipinski definition) is 3. The van der Waals surface area contributed by atoms with E-state index in [0.29, 0.717) is 24.0 Å². The molecule has 1 saturated heterocycles. The first-order chi connectivity index (χ1) is 14.4. The van der Waals surface area contributed by atoms with E-state index in [1.54, 1.807) is 9.96 Å². The van der Waals surface area contributed by atoms with Gasteiger partial charge in [0.25, 0.3) is 0 Å². The third-order valence-electron chi connectivity index (χ3n) is 4.89. The van der Waals surface area contributed by atoms with Crippen LogP contribution in [0.15, 0.2) is 22.5 Å². The van der Waals surface area contributed by atoms with Crippen LogP contribution in [0.4, 0.5) is 15.3 Å². The zero-order valence-electron chi connectivity index (χ0n) is 17.6. The van der Waals surface area contributed by atoms with Crippen molar-refractivity contribution in [1.29, 1.82) is 0 Å². The summed E-state index contributed by atoms with van der Waals surface area (Å²) in [5, 5.41) is 7.49. The topological polar surface area (TPSA) is 86.8 Å². The van der Waals surface area contributed by atoms with Gasteiger partial charge in [0, 0.05) is 37.4 Å². The van der Waals surface area contributed by atoms with Gasteiger partial charge in [0.05, 0.1) is 10.2 Å². The lowest BCUT2D eigenvalue weighted by molar-refractivity contribution is -0.114. The number of anilines is 1. The lowest BCUT2D eigenvalue weighted by atomic mass is 10.1. The van der Waals surface area contributed by atoms with Crippen LogP contribution in [0.2, 0.25) is 0 Å². The molecule has 1 aliphatic heterocycles. The molecule has 0 aliphatic carbocycles. The van der Waals surface area contributed by atoms with E-state index in [9.17, 15) is 9.59 Å². The van der Waals surface area contributed by atoms with Gasteiger partial charge >= 0.3 is 12.1 Å². The fraction of sp³-hybridized carbons (Fsp3) is 0.550. The normalized spacial score (nSPS) is 15.4. The first-order valence-electron chi connectivity index (χ1n) is 10.3.